The second kappa shape index (κ2) is 9.86. The van der Waals surface area contributed by atoms with Crippen LogP contribution < -0.4 is 18.9 Å². The first-order chi connectivity index (χ1) is 14.8. The van der Waals surface area contributed by atoms with Crippen molar-refractivity contribution in [2.24, 2.45) is 0 Å². The molecule has 11 heteroatoms. The minimum absolute atomic E-state index is 0.0322. The van der Waals surface area contributed by atoms with Crippen LogP contribution in [0.1, 0.15) is 12.8 Å². The summed E-state index contributed by atoms with van der Waals surface area (Å²) >= 11 is 0. The summed E-state index contributed by atoms with van der Waals surface area (Å²) in [5.74, 6) is 1.19. The topological polar surface area (TPSA) is 111 Å². The van der Waals surface area contributed by atoms with Crippen molar-refractivity contribution >= 4 is 20.0 Å². The first-order valence-electron chi connectivity index (χ1n) is 9.72. The highest BCUT2D eigenvalue weighted by Gasteiger charge is 2.27. The minimum atomic E-state index is -3.76. The zero-order valence-corrected chi connectivity index (χ0v) is 19.0. The fourth-order valence-electron chi connectivity index (χ4n) is 3.20. The Morgan fingerprint density at radius 1 is 0.871 bits per heavy atom. The van der Waals surface area contributed by atoms with Gasteiger partial charge in [-0.25, -0.2) is 21.6 Å². The van der Waals surface area contributed by atoms with Crippen molar-refractivity contribution in [3.63, 3.8) is 0 Å². The van der Waals surface area contributed by atoms with Gasteiger partial charge in [0.2, 0.25) is 20.0 Å². The minimum Gasteiger partial charge on any atom is -0.493 e. The molecule has 1 heterocycles. The number of nitrogens with zero attached hydrogens (tertiary/aromatic N) is 1. The summed E-state index contributed by atoms with van der Waals surface area (Å²) in [6.45, 7) is 1.19. The van der Waals surface area contributed by atoms with Crippen molar-refractivity contribution in [1.29, 1.82) is 0 Å². The maximum Gasteiger partial charge on any atom is 0.243 e. The van der Waals surface area contributed by atoms with Gasteiger partial charge in [0, 0.05) is 25.7 Å². The largest absolute Gasteiger partial charge is 0.493 e. The van der Waals surface area contributed by atoms with Crippen LogP contribution in [0.4, 0.5) is 0 Å². The lowest BCUT2D eigenvalue weighted by atomic mass is 10.3. The number of sulfonamides is 2. The number of rotatable bonds is 10. The fourth-order valence-corrected chi connectivity index (χ4v) is 5.74. The molecule has 2 aromatic rings. The van der Waals surface area contributed by atoms with E-state index in [1.807, 2.05) is 0 Å². The number of hydrogen-bond donors (Lipinski definition) is 1. The summed E-state index contributed by atoms with van der Waals surface area (Å²) in [4.78, 5) is 0.262. The Kier molecular flexibility index (Phi) is 7.42. The van der Waals surface area contributed by atoms with E-state index in [9.17, 15) is 16.8 Å². The van der Waals surface area contributed by atoms with E-state index in [0.717, 1.165) is 12.8 Å². The highest BCUT2D eigenvalue weighted by atomic mass is 32.2. The molecule has 1 saturated heterocycles. The molecule has 0 unspecified atom stereocenters. The molecule has 1 aliphatic heterocycles. The van der Waals surface area contributed by atoms with Crippen molar-refractivity contribution < 1.29 is 31.0 Å². The number of nitrogens with one attached hydrogen (secondary N) is 1. The second-order valence-electron chi connectivity index (χ2n) is 6.85. The standard InChI is InChI=1S/C20H26N2O7S2/c1-27-19-10-9-18(15-20(19)28-2)30(23,24)21-11-14-29-16-5-7-17(8-6-16)31(25,26)22-12-3-4-13-22/h5-10,15,21H,3-4,11-14H2,1-2H3. The Morgan fingerprint density at radius 3 is 2.10 bits per heavy atom. The molecule has 0 atom stereocenters. The van der Waals surface area contributed by atoms with Crippen LogP contribution in [0, 0.1) is 0 Å². The van der Waals surface area contributed by atoms with E-state index in [1.165, 1.54) is 48.9 Å². The zero-order chi connectivity index (χ0) is 22.5. The predicted octanol–water partition coefficient (Wildman–Crippen LogP) is 1.85. The molecule has 31 heavy (non-hydrogen) atoms. The van der Waals surface area contributed by atoms with Gasteiger partial charge in [-0.1, -0.05) is 0 Å². The Hall–Kier alpha value is -2.34. The van der Waals surface area contributed by atoms with Crippen molar-refractivity contribution in [3.8, 4) is 17.2 Å². The van der Waals surface area contributed by atoms with E-state index >= 15 is 0 Å². The number of hydrogen-bond acceptors (Lipinski definition) is 7. The lowest BCUT2D eigenvalue weighted by Crippen LogP contribution is -2.28. The van der Waals surface area contributed by atoms with E-state index in [0.29, 0.717) is 30.3 Å². The van der Waals surface area contributed by atoms with Crippen LogP contribution in [0.5, 0.6) is 17.2 Å². The molecule has 3 rings (SSSR count). The summed E-state index contributed by atoms with van der Waals surface area (Å²) in [6.07, 6.45) is 1.75. The normalized spacial score (nSPS) is 15.0. The maximum absolute atomic E-state index is 12.5. The van der Waals surface area contributed by atoms with Gasteiger partial charge in [0.1, 0.15) is 12.4 Å². The van der Waals surface area contributed by atoms with Gasteiger partial charge in [-0.3, -0.25) is 0 Å². The third-order valence-corrected chi connectivity index (χ3v) is 8.23. The monoisotopic (exact) mass is 470 g/mol. The highest BCUT2D eigenvalue weighted by molar-refractivity contribution is 7.89. The summed E-state index contributed by atoms with van der Waals surface area (Å²) in [6, 6.07) is 10.4. The molecule has 0 aliphatic carbocycles. The van der Waals surface area contributed by atoms with Gasteiger partial charge in [-0.15, -0.1) is 0 Å². The molecule has 2 aromatic carbocycles. The molecular weight excluding hydrogens is 444 g/mol. The van der Waals surface area contributed by atoms with Crippen LogP contribution in [-0.4, -0.2) is 61.6 Å². The molecule has 0 spiro atoms. The summed E-state index contributed by atoms with van der Waals surface area (Å²) in [5, 5.41) is 0. The molecule has 1 fully saturated rings. The number of methoxy groups -OCH3 is 2. The van der Waals surface area contributed by atoms with E-state index in [1.54, 1.807) is 12.1 Å². The molecule has 0 aromatic heterocycles. The number of ether oxygens (including phenoxy) is 3. The zero-order valence-electron chi connectivity index (χ0n) is 17.4. The maximum atomic E-state index is 12.5. The van der Waals surface area contributed by atoms with Crippen molar-refractivity contribution in [3.05, 3.63) is 42.5 Å². The first-order valence-corrected chi connectivity index (χ1v) is 12.6. The van der Waals surface area contributed by atoms with Crippen LogP contribution in [0.3, 0.4) is 0 Å². The van der Waals surface area contributed by atoms with E-state index < -0.39 is 20.0 Å². The lowest BCUT2D eigenvalue weighted by molar-refractivity contribution is 0.322. The molecule has 0 bridgehead atoms. The van der Waals surface area contributed by atoms with Gasteiger partial charge in [0.05, 0.1) is 24.0 Å². The molecule has 1 N–H and O–H groups in total. The third-order valence-electron chi connectivity index (χ3n) is 4.85. The molecule has 170 valence electrons. The molecular formula is C20H26N2O7S2. The van der Waals surface area contributed by atoms with E-state index in [4.69, 9.17) is 14.2 Å². The Morgan fingerprint density at radius 2 is 1.48 bits per heavy atom. The van der Waals surface area contributed by atoms with E-state index in [2.05, 4.69) is 4.72 Å². The van der Waals surface area contributed by atoms with Gasteiger partial charge >= 0.3 is 0 Å². The van der Waals surface area contributed by atoms with Crippen LogP contribution >= 0.6 is 0 Å². The summed E-state index contributed by atoms with van der Waals surface area (Å²) in [5.41, 5.74) is 0. The van der Waals surface area contributed by atoms with E-state index in [-0.39, 0.29) is 22.9 Å². The Bertz CT molecular complexity index is 1090. The summed E-state index contributed by atoms with van der Waals surface area (Å²) < 4.78 is 69.7. The average molecular weight is 471 g/mol. The molecule has 9 nitrogen and oxygen atoms in total. The summed E-state index contributed by atoms with van der Waals surface area (Å²) in [7, 11) is -4.34. The fraction of sp³-hybridized carbons (Fsp3) is 0.400. The van der Waals surface area contributed by atoms with Crippen molar-refractivity contribution in [1.82, 2.24) is 9.03 Å². The van der Waals surface area contributed by atoms with Crippen LogP contribution in [-0.2, 0) is 20.0 Å². The second-order valence-corrected chi connectivity index (χ2v) is 10.6. The molecule has 1 aliphatic rings. The van der Waals surface area contributed by atoms with Crippen LogP contribution in [0.2, 0.25) is 0 Å². The van der Waals surface area contributed by atoms with Gasteiger partial charge in [-0.2, -0.15) is 4.31 Å². The third kappa shape index (κ3) is 5.48. The lowest BCUT2D eigenvalue weighted by Gasteiger charge is -2.15. The van der Waals surface area contributed by atoms with Crippen LogP contribution in [0.25, 0.3) is 0 Å². The first kappa shape index (κ1) is 23.3. The van der Waals surface area contributed by atoms with Gasteiger partial charge in [-0.05, 0) is 49.2 Å². The SMILES string of the molecule is COc1ccc(S(=O)(=O)NCCOc2ccc(S(=O)(=O)N3CCCC3)cc2)cc1OC. The molecule has 0 amide bonds. The van der Waals surface area contributed by atoms with Gasteiger partial charge < -0.3 is 14.2 Å². The molecule has 0 saturated carbocycles. The predicted molar refractivity (Wildman–Crippen MR) is 115 cm³/mol. The smallest absolute Gasteiger partial charge is 0.243 e. The quantitative estimate of drug-likeness (QED) is 0.528. The highest BCUT2D eigenvalue weighted by Crippen LogP contribution is 2.29. The van der Waals surface area contributed by atoms with Gasteiger partial charge in [0.25, 0.3) is 0 Å². The Labute approximate surface area is 183 Å². The Balaban J connectivity index is 1.54. The molecule has 0 radical (unpaired) electrons. The number of benzene rings is 2. The van der Waals surface area contributed by atoms with Gasteiger partial charge in [0.15, 0.2) is 11.5 Å². The van der Waals surface area contributed by atoms with Crippen molar-refractivity contribution in [2.75, 3.05) is 40.5 Å². The van der Waals surface area contributed by atoms with Crippen LogP contribution in [0.15, 0.2) is 52.3 Å². The average Bonchev–Trinajstić information content (AvgIpc) is 3.32. The van der Waals surface area contributed by atoms with Crippen molar-refractivity contribution in [2.45, 2.75) is 22.6 Å².